The van der Waals surface area contributed by atoms with Crippen molar-refractivity contribution in [2.24, 2.45) is 0 Å². The van der Waals surface area contributed by atoms with Gasteiger partial charge in [-0.15, -0.1) is 0 Å². The Kier molecular flexibility index (Phi) is 46.6. The van der Waals surface area contributed by atoms with Crippen molar-refractivity contribution in [2.45, 2.75) is 59.3 Å². The van der Waals surface area contributed by atoms with Crippen LogP contribution in [-0.4, -0.2) is 48.8 Å². The number of carbonyl (C=O) groups excluding carboxylic acids is 8. The molecular formula is C17H21O11Rh. The van der Waals surface area contributed by atoms with Crippen LogP contribution in [0, 0.1) is 0 Å². The van der Waals surface area contributed by atoms with Gasteiger partial charge in [0.05, 0.1) is 0 Å². The summed E-state index contributed by atoms with van der Waals surface area (Å²) in [6.45, 7) is 13.1. The molecule has 0 aliphatic heterocycles. The quantitative estimate of drug-likeness (QED) is 0.282. The van der Waals surface area contributed by atoms with Crippen molar-refractivity contribution in [1.82, 2.24) is 0 Å². The molecule has 0 saturated heterocycles. The normalized spacial score (nSPS) is 7.41. The molecule has 12 heteroatoms. The summed E-state index contributed by atoms with van der Waals surface area (Å²) in [5.74, 6) is -3.85. The molecule has 0 aromatic heterocycles. The Morgan fingerprint density at radius 3 is 0.655 bits per heavy atom. The van der Waals surface area contributed by atoms with E-state index < -0.39 is 17.9 Å². The van der Waals surface area contributed by atoms with Crippen LogP contribution in [-0.2, 0) is 57.8 Å². The third-order valence-corrected chi connectivity index (χ3v) is 2.04. The zero-order chi connectivity index (χ0) is 23.7. The van der Waals surface area contributed by atoms with E-state index in [1.165, 1.54) is 20.8 Å². The second kappa shape index (κ2) is 33.0. The number of aliphatic carboxylic acids is 3. The third kappa shape index (κ3) is 90.5. The number of carboxylic acids is 3. The standard InChI is InChI=1S/3C5H8O3.2CO.Rh/c3*1-4(6)2-3-5(7)8;2*1-2;/h3*2-3H2,1H3,(H,7,8);;;/q;;;;;+3/p-3. The molecule has 0 bridgehead atoms. The molecule has 0 amide bonds. The van der Waals surface area contributed by atoms with Crippen molar-refractivity contribution >= 4 is 48.8 Å². The fourth-order valence-electron chi connectivity index (χ4n) is 0.834. The number of ketones is 3. The number of Topliss-reactive ketones (excluding diaryl/α,β-unsaturated/α-hetero) is 3. The van der Waals surface area contributed by atoms with E-state index in [4.69, 9.17) is 9.59 Å². The Bertz CT molecular complexity index is 379. The third-order valence-electron chi connectivity index (χ3n) is 2.04. The summed E-state index contributed by atoms with van der Waals surface area (Å²) in [5.41, 5.74) is 0. The molecule has 0 aliphatic carbocycles. The van der Waals surface area contributed by atoms with E-state index in [9.17, 15) is 44.1 Å². The van der Waals surface area contributed by atoms with Gasteiger partial charge in [-0.25, -0.2) is 0 Å². The van der Waals surface area contributed by atoms with Gasteiger partial charge in [-0.05, 0) is 40.0 Å². The van der Waals surface area contributed by atoms with Gasteiger partial charge in [-0.1, -0.05) is 0 Å². The molecule has 0 aromatic carbocycles. The van der Waals surface area contributed by atoms with Crippen molar-refractivity contribution < 1.29 is 73.2 Å². The first-order valence-corrected chi connectivity index (χ1v) is 7.37. The van der Waals surface area contributed by atoms with E-state index in [0.29, 0.717) is 0 Å². The molecule has 4 radical (unpaired) electrons. The Labute approximate surface area is 181 Å². The summed E-state index contributed by atoms with van der Waals surface area (Å²) >= 11 is 0. The summed E-state index contributed by atoms with van der Waals surface area (Å²) in [6, 6.07) is 0. The second-order valence-electron chi connectivity index (χ2n) is 4.72. The van der Waals surface area contributed by atoms with Gasteiger partial charge in [0.2, 0.25) is 0 Å². The first kappa shape index (κ1) is 40.9. The van der Waals surface area contributed by atoms with Crippen LogP contribution < -0.4 is 15.3 Å². The molecule has 0 heterocycles. The zero-order valence-corrected chi connectivity index (χ0v) is 17.7. The SMILES string of the molecule is CC(=O)CCC(=O)[O-].CC(=O)CCC(=O)[O-].CC(=O)CCC(=O)[O-].[C]=O.[C]=O.[Rh+3]. The summed E-state index contributed by atoms with van der Waals surface area (Å²) in [6.07, 6.45) is -0.215. The minimum absolute atomic E-state index is 0. The smallest absolute Gasteiger partial charge is 0.550 e. The second-order valence-corrected chi connectivity index (χ2v) is 4.72. The molecule has 0 rings (SSSR count). The maximum Gasteiger partial charge on any atom is 3.00 e. The molecular weight excluding hydrogens is 483 g/mol. The van der Waals surface area contributed by atoms with Crippen molar-refractivity contribution in [3.05, 3.63) is 0 Å². The molecule has 29 heavy (non-hydrogen) atoms. The fraction of sp³-hybridized carbons (Fsp3) is 0.529. The van der Waals surface area contributed by atoms with Gasteiger partial charge < -0.3 is 44.1 Å². The van der Waals surface area contributed by atoms with Gasteiger partial charge in [0.1, 0.15) is 17.3 Å². The average Bonchev–Trinajstić information content (AvgIpc) is 2.61. The van der Waals surface area contributed by atoms with Crippen LogP contribution in [0.4, 0.5) is 0 Å². The van der Waals surface area contributed by atoms with Crippen LogP contribution in [0.5, 0.6) is 0 Å². The largest absolute Gasteiger partial charge is 3.00 e. The topological polar surface area (TPSA) is 206 Å². The fourth-order valence-corrected chi connectivity index (χ4v) is 0.834. The summed E-state index contributed by atoms with van der Waals surface area (Å²) < 4.78 is 0. The predicted molar refractivity (Wildman–Crippen MR) is 86.2 cm³/mol. The maximum atomic E-state index is 10.1. The van der Waals surface area contributed by atoms with Crippen molar-refractivity contribution in [2.75, 3.05) is 0 Å². The first-order chi connectivity index (χ1) is 12.9. The number of hydrogen-bond donors (Lipinski definition) is 0. The maximum absolute atomic E-state index is 10.1. The van der Waals surface area contributed by atoms with Crippen LogP contribution in [0.3, 0.4) is 0 Å². The number of carboxylic acid groups (broad SMARTS) is 3. The van der Waals surface area contributed by atoms with E-state index in [1.54, 1.807) is 0 Å². The van der Waals surface area contributed by atoms with Crippen LogP contribution >= 0.6 is 0 Å². The average molecular weight is 504 g/mol. The molecule has 0 unspecified atom stereocenters. The molecule has 0 N–H and O–H groups in total. The van der Waals surface area contributed by atoms with Crippen molar-refractivity contribution in [3.8, 4) is 0 Å². The number of rotatable bonds is 9. The predicted octanol–water partition coefficient (Wildman–Crippen LogP) is -3.48. The summed E-state index contributed by atoms with van der Waals surface area (Å²) in [5, 5.41) is 28.9. The van der Waals surface area contributed by atoms with Crippen LogP contribution in [0.25, 0.3) is 0 Å². The molecule has 0 saturated carbocycles. The molecule has 0 fully saturated rings. The molecule has 0 aliphatic rings. The molecule has 11 nitrogen and oxygen atoms in total. The minimum Gasteiger partial charge on any atom is -0.550 e. The van der Waals surface area contributed by atoms with Gasteiger partial charge in [0, 0.05) is 37.2 Å². The van der Waals surface area contributed by atoms with E-state index in [0.717, 1.165) is 0 Å². The first-order valence-electron chi connectivity index (χ1n) is 7.37. The van der Waals surface area contributed by atoms with E-state index >= 15 is 0 Å². The Balaban J connectivity index is -0.0000000618. The van der Waals surface area contributed by atoms with Crippen LogP contribution in [0.1, 0.15) is 59.3 Å². The van der Waals surface area contributed by atoms with E-state index in [1.807, 2.05) is 0 Å². The number of hydrogen-bond acceptors (Lipinski definition) is 11. The monoisotopic (exact) mass is 504 g/mol. The Hall–Kier alpha value is -2.62. The minimum atomic E-state index is -1.17. The molecule has 164 valence electrons. The van der Waals surface area contributed by atoms with Crippen molar-refractivity contribution in [1.29, 1.82) is 0 Å². The number of carbonyl (C=O) groups is 6. The molecule has 0 spiro atoms. The molecule has 0 atom stereocenters. The van der Waals surface area contributed by atoms with Crippen molar-refractivity contribution in [3.63, 3.8) is 0 Å². The van der Waals surface area contributed by atoms with Gasteiger partial charge in [-0.2, -0.15) is 0 Å². The van der Waals surface area contributed by atoms with Gasteiger partial charge >= 0.3 is 19.5 Å². The molecule has 0 aromatic rings. The van der Waals surface area contributed by atoms with Crippen LogP contribution in [0.2, 0.25) is 0 Å². The zero-order valence-electron chi connectivity index (χ0n) is 16.1. The van der Waals surface area contributed by atoms with Gasteiger partial charge in [-0.3, -0.25) is 9.59 Å². The van der Waals surface area contributed by atoms with Crippen LogP contribution in [0.15, 0.2) is 0 Å². The van der Waals surface area contributed by atoms with Gasteiger partial charge in [0.25, 0.3) is 13.6 Å². The van der Waals surface area contributed by atoms with E-state index in [-0.39, 0.29) is 75.4 Å². The Morgan fingerprint density at radius 2 is 0.621 bits per heavy atom. The van der Waals surface area contributed by atoms with E-state index in [2.05, 4.69) is 13.6 Å². The summed E-state index contributed by atoms with van der Waals surface area (Å²) in [7, 11) is 0. The summed E-state index contributed by atoms with van der Waals surface area (Å²) in [4.78, 5) is 74.1. The Morgan fingerprint density at radius 1 is 0.483 bits per heavy atom. The van der Waals surface area contributed by atoms with Gasteiger partial charge in [0.15, 0.2) is 0 Å².